The van der Waals surface area contributed by atoms with Gasteiger partial charge in [0.1, 0.15) is 11.9 Å². The van der Waals surface area contributed by atoms with Crippen molar-refractivity contribution >= 4 is 23.9 Å². The van der Waals surface area contributed by atoms with E-state index in [2.05, 4.69) is 41.5 Å². The number of halogens is 1. The first-order valence-electron chi connectivity index (χ1n) is 13.2. The van der Waals surface area contributed by atoms with Crippen LogP contribution in [0.2, 0.25) is 5.02 Å². The average molecular weight is 528 g/mol. The number of amides is 2. The minimum atomic E-state index is -0.170. The molecule has 200 valence electrons. The second-order valence-corrected chi connectivity index (χ2v) is 10.7. The topological polar surface area (TPSA) is 79.9 Å². The molecule has 1 fully saturated rings. The number of likely N-dealkylation sites (tertiary alicyclic amines) is 1. The predicted molar refractivity (Wildman–Crippen MR) is 145 cm³/mol. The minimum Gasteiger partial charge on any atom is -0.496 e. The summed E-state index contributed by atoms with van der Waals surface area (Å²) in [7, 11) is 1.73. The highest BCUT2D eigenvalue weighted by molar-refractivity contribution is 6.30. The Hall–Kier alpha value is -2.61. The summed E-state index contributed by atoms with van der Waals surface area (Å²) in [6.07, 6.45) is 4.51. The summed E-state index contributed by atoms with van der Waals surface area (Å²) in [6, 6.07) is 11.2. The predicted octanol–water partition coefficient (Wildman–Crippen LogP) is 4.31. The van der Waals surface area contributed by atoms with Crippen LogP contribution in [0.3, 0.4) is 0 Å². The van der Waals surface area contributed by atoms with Crippen molar-refractivity contribution in [2.24, 2.45) is 5.92 Å². The Kier molecular flexibility index (Phi) is 9.46. The lowest BCUT2D eigenvalue weighted by atomic mass is 9.83. The Morgan fingerprint density at radius 1 is 1.22 bits per heavy atom. The van der Waals surface area contributed by atoms with E-state index in [-0.39, 0.29) is 24.2 Å². The standard InChI is InChI=1S/C29H38ClN3O4/c1-19-4-9-24-25(28(19)36-3)16-26(37-27(24)17-31-18-34)21-11-14-33(15-12-21)13-10-20(2)32-29(35)22-5-7-23(30)8-6-22/h4-9,18,20-21,26-27H,10-17H2,1-3H3,(H,31,34)(H,32,35)/t20?,26-,27-/m0/s1. The number of aryl methyl sites for hydroxylation is 1. The number of rotatable bonds is 10. The molecule has 0 aromatic heterocycles. The number of carbonyl (C=O) groups is 2. The fraction of sp³-hybridized carbons (Fsp3) is 0.517. The Balaban J connectivity index is 1.29. The molecule has 2 aliphatic rings. The first-order valence-corrected chi connectivity index (χ1v) is 13.5. The second-order valence-electron chi connectivity index (χ2n) is 10.2. The van der Waals surface area contributed by atoms with Gasteiger partial charge in [-0.05, 0) is 87.5 Å². The van der Waals surface area contributed by atoms with Crippen LogP contribution in [-0.2, 0) is 16.0 Å². The zero-order chi connectivity index (χ0) is 26.4. The normalized spacial score (nSPS) is 21.1. The molecular formula is C29H38ClN3O4. The summed E-state index contributed by atoms with van der Waals surface area (Å²) in [5.41, 5.74) is 4.07. The summed E-state index contributed by atoms with van der Waals surface area (Å²) in [5, 5.41) is 6.52. The lowest BCUT2D eigenvalue weighted by Gasteiger charge is -2.41. The molecule has 37 heavy (non-hydrogen) atoms. The van der Waals surface area contributed by atoms with E-state index in [0.717, 1.165) is 68.6 Å². The Morgan fingerprint density at radius 2 is 1.95 bits per heavy atom. The van der Waals surface area contributed by atoms with Gasteiger partial charge in [0, 0.05) is 41.7 Å². The molecule has 2 aliphatic heterocycles. The molecule has 7 nitrogen and oxygen atoms in total. The molecule has 2 N–H and O–H groups in total. The smallest absolute Gasteiger partial charge is 0.251 e. The van der Waals surface area contributed by atoms with Crippen LogP contribution in [0.1, 0.15) is 59.3 Å². The van der Waals surface area contributed by atoms with Crippen LogP contribution in [0.15, 0.2) is 36.4 Å². The van der Waals surface area contributed by atoms with E-state index < -0.39 is 0 Å². The molecule has 2 aromatic carbocycles. The van der Waals surface area contributed by atoms with E-state index in [0.29, 0.717) is 23.0 Å². The maximum absolute atomic E-state index is 12.5. The van der Waals surface area contributed by atoms with Crippen LogP contribution in [0, 0.1) is 12.8 Å². The molecule has 2 aromatic rings. The summed E-state index contributed by atoms with van der Waals surface area (Å²) in [5.74, 6) is 1.33. The number of ether oxygens (including phenoxy) is 2. The maximum Gasteiger partial charge on any atom is 0.251 e. The highest BCUT2D eigenvalue weighted by Gasteiger charge is 2.36. The number of hydrogen-bond donors (Lipinski definition) is 2. The fourth-order valence-electron chi connectivity index (χ4n) is 5.59. The maximum atomic E-state index is 12.5. The molecular weight excluding hydrogens is 490 g/mol. The number of benzene rings is 2. The molecule has 0 radical (unpaired) electrons. The van der Waals surface area contributed by atoms with Crippen molar-refractivity contribution in [2.75, 3.05) is 33.3 Å². The zero-order valence-electron chi connectivity index (χ0n) is 22.0. The van der Waals surface area contributed by atoms with Crippen molar-refractivity contribution in [1.82, 2.24) is 15.5 Å². The number of hydrogen-bond acceptors (Lipinski definition) is 5. The Morgan fingerprint density at radius 3 is 2.62 bits per heavy atom. The van der Waals surface area contributed by atoms with Crippen LogP contribution >= 0.6 is 11.6 Å². The lowest BCUT2D eigenvalue weighted by Crippen LogP contribution is -2.43. The van der Waals surface area contributed by atoms with Gasteiger partial charge in [0.25, 0.3) is 5.91 Å². The van der Waals surface area contributed by atoms with Gasteiger partial charge in [0.2, 0.25) is 6.41 Å². The van der Waals surface area contributed by atoms with Gasteiger partial charge in [-0.3, -0.25) is 9.59 Å². The minimum absolute atomic E-state index is 0.0677. The van der Waals surface area contributed by atoms with Gasteiger partial charge in [-0.15, -0.1) is 0 Å². The van der Waals surface area contributed by atoms with E-state index in [9.17, 15) is 9.59 Å². The van der Waals surface area contributed by atoms with E-state index in [4.69, 9.17) is 21.1 Å². The summed E-state index contributed by atoms with van der Waals surface area (Å²) >= 11 is 5.92. The molecule has 0 saturated carbocycles. The molecule has 2 amide bonds. The number of nitrogens with zero attached hydrogens (tertiary/aromatic N) is 1. The van der Waals surface area contributed by atoms with Gasteiger partial charge < -0.3 is 25.0 Å². The third kappa shape index (κ3) is 6.83. The zero-order valence-corrected chi connectivity index (χ0v) is 22.7. The third-order valence-electron chi connectivity index (χ3n) is 7.70. The van der Waals surface area contributed by atoms with Gasteiger partial charge in [0.05, 0.1) is 13.2 Å². The van der Waals surface area contributed by atoms with Crippen molar-refractivity contribution in [3.8, 4) is 5.75 Å². The van der Waals surface area contributed by atoms with Crippen molar-refractivity contribution in [3.63, 3.8) is 0 Å². The van der Waals surface area contributed by atoms with Gasteiger partial charge >= 0.3 is 0 Å². The highest BCUT2D eigenvalue weighted by Crippen LogP contribution is 2.40. The molecule has 8 heteroatoms. The van der Waals surface area contributed by atoms with Crippen LogP contribution in [0.25, 0.3) is 0 Å². The molecule has 1 saturated heterocycles. The van der Waals surface area contributed by atoms with Gasteiger partial charge in [-0.2, -0.15) is 0 Å². The van der Waals surface area contributed by atoms with E-state index in [1.54, 1.807) is 31.4 Å². The first-order chi connectivity index (χ1) is 17.9. The van der Waals surface area contributed by atoms with Crippen LogP contribution in [0.5, 0.6) is 5.75 Å². The van der Waals surface area contributed by atoms with E-state index in [1.807, 2.05) is 0 Å². The Bertz CT molecular complexity index is 1070. The van der Waals surface area contributed by atoms with Crippen molar-refractivity contribution in [1.29, 1.82) is 0 Å². The van der Waals surface area contributed by atoms with E-state index >= 15 is 0 Å². The van der Waals surface area contributed by atoms with Crippen LogP contribution in [-0.4, -0.2) is 62.7 Å². The van der Waals surface area contributed by atoms with E-state index in [1.165, 1.54) is 5.56 Å². The average Bonchev–Trinajstić information content (AvgIpc) is 2.91. The van der Waals surface area contributed by atoms with Crippen molar-refractivity contribution in [2.45, 2.75) is 57.8 Å². The second kappa shape index (κ2) is 12.8. The molecule has 0 spiro atoms. The quantitative estimate of drug-likeness (QED) is 0.450. The lowest BCUT2D eigenvalue weighted by molar-refractivity contribution is -0.111. The highest BCUT2D eigenvalue weighted by atomic mass is 35.5. The summed E-state index contributed by atoms with van der Waals surface area (Å²) < 4.78 is 12.3. The molecule has 4 rings (SSSR count). The SMILES string of the molecule is COc1c(C)ccc2c1C[C@@H](C1CCN(CCC(C)NC(=O)c3ccc(Cl)cc3)CC1)O[C@H]2CNC=O. The molecule has 0 bridgehead atoms. The van der Waals surface area contributed by atoms with Crippen LogP contribution < -0.4 is 15.4 Å². The summed E-state index contributed by atoms with van der Waals surface area (Å²) in [4.78, 5) is 25.9. The molecule has 1 unspecified atom stereocenters. The largest absolute Gasteiger partial charge is 0.496 e. The van der Waals surface area contributed by atoms with Crippen molar-refractivity contribution < 1.29 is 19.1 Å². The van der Waals surface area contributed by atoms with Gasteiger partial charge in [-0.25, -0.2) is 0 Å². The van der Waals surface area contributed by atoms with Gasteiger partial charge in [-0.1, -0.05) is 23.7 Å². The van der Waals surface area contributed by atoms with Crippen LogP contribution in [0.4, 0.5) is 0 Å². The number of methoxy groups -OCH3 is 1. The first kappa shape index (κ1) is 27.4. The molecule has 3 atom stereocenters. The Labute approximate surface area is 224 Å². The number of carbonyl (C=O) groups excluding carboxylic acids is 2. The number of nitrogens with one attached hydrogen (secondary N) is 2. The fourth-order valence-corrected chi connectivity index (χ4v) is 5.71. The summed E-state index contributed by atoms with van der Waals surface area (Å²) in [6.45, 7) is 7.55. The third-order valence-corrected chi connectivity index (χ3v) is 7.95. The molecule has 0 aliphatic carbocycles. The number of fused-ring (bicyclic) bond motifs is 1. The van der Waals surface area contributed by atoms with Gasteiger partial charge in [0.15, 0.2) is 0 Å². The molecule has 2 heterocycles. The number of piperidine rings is 1. The monoisotopic (exact) mass is 527 g/mol. The van der Waals surface area contributed by atoms with Crippen molar-refractivity contribution in [3.05, 3.63) is 63.7 Å².